The van der Waals surface area contributed by atoms with Gasteiger partial charge in [0.15, 0.2) is 0 Å². The van der Waals surface area contributed by atoms with Crippen molar-refractivity contribution >= 4 is 40.5 Å². The first-order valence-electron chi connectivity index (χ1n) is 10.6. The summed E-state index contributed by atoms with van der Waals surface area (Å²) >= 11 is 12.5. The Morgan fingerprint density at radius 3 is 2.38 bits per heavy atom. The molecule has 2 aliphatic rings. The van der Waals surface area contributed by atoms with Crippen LogP contribution in [-0.2, 0) is 4.79 Å². The fourth-order valence-electron chi connectivity index (χ4n) is 4.29. The summed E-state index contributed by atoms with van der Waals surface area (Å²) in [5.74, 6) is -0.487. The Morgan fingerprint density at radius 2 is 1.75 bits per heavy atom. The summed E-state index contributed by atoms with van der Waals surface area (Å²) < 4.78 is 14.0. The Hall–Kier alpha value is -1.42. The lowest BCUT2D eigenvalue weighted by Crippen LogP contribution is -3.00. The molecule has 0 aromatic heterocycles. The van der Waals surface area contributed by atoms with Crippen molar-refractivity contribution in [1.29, 1.82) is 0 Å². The topological polar surface area (TPSA) is 44.7 Å². The van der Waals surface area contributed by atoms with Crippen LogP contribution >= 0.6 is 23.2 Å². The number of nitrogens with one attached hydrogen (secondary N) is 1. The number of nitrogens with zero attached hydrogens (tertiary/aromatic N) is 3. The molecule has 0 saturated carbocycles. The van der Waals surface area contributed by atoms with E-state index in [1.165, 1.54) is 25.0 Å². The summed E-state index contributed by atoms with van der Waals surface area (Å²) in [5, 5.41) is 7.36. The molecule has 0 aliphatic carbocycles. The van der Waals surface area contributed by atoms with Gasteiger partial charge in [0.2, 0.25) is 0 Å². The van der Waals surface area contributed by atoms with Crippen molar-refractivity contribution in [2.45, 2.75) is 38.1 Å². The Bertz CT molecular complexity index is 994. The quantitative estimate of drug-likeness (QED) is 0.439. The number of carbonyl (C=O) groups is 1. The van der Waals surface area contributed by atoms with Crippen LogP contribution in [0.3, 0.4) is 0 Å². The van der Waals surface area contributed by atoms with Crippen LogP contribution in [0.4, 0.5) is 10.1 Å². The average Bonchev–Trinajstić information content (AvgIpc) is 3.05. The molecule has 9 heteroatoms. The molecular formula is C23H26Cl2FIN4O. The van der Waals surface area contributed by atoms with E-state index in [1.54, 1.807) is 35.3 Å². The lowest BCUT2D eigenvalue weighted by molar-refractivity contribution is -0.942. The smallest absolute Gasteiger partial charge is 0.312 e. The van der Waals surface area contributed by atoms with E-state index in [0.717, 1.165) is 31.5 Å². The predicted molar refractivity (Wildman–Crippen MR) is 123 cm³/mol. The number of rotatable bonds is 4. The van der Waals surface area contributed by atoms with Gasteiger partial charge in [0.1, 0.15) is 24.6 Å². The van der Waals surface area contributed by atoms with Gasteiger partial charge < -0.3 is 24.0 Å². The van der Waals surface area contributed by atoms with E-state index < -0.39 is 0 Å². The van der Waals surface area contributed by atoms with Gasteiger partial charge >= 0.3 is 5.91 Å². The predicted octanol–water partition coefficient (Wildman–Crippen LogP) is 2.50. The van der Waals surface area contributed by atoms with Gasteiger partial charge in [-0.25, -0.2) is 8.98 Å². The lowest BCUT2D eigenvalue weighted by atomic mass is 10.0. The number of anilines is 1. The number of hydrazone groups is 1. The standard InChI is InChI=1S/C23H25Cl2FN4O.HI/c1-30(12-4-2-3-5-13-30)28-23(31)20-15-22(16-6-9-18(26)10-7-16)29(27-20)21-11-8-17(24)14-19(21)25;/h6-11,14,22H,2-5,12-13,15H2,1H3;1H. The average molecular weight is 591 g/mol. The molecule has 1 atom stereocenters. The fraction of sp³-hybridized carbons (Fsp3) is 0.391. The maximum atomic E-state index is 13.5. The Labute approximate surface area is 215 Å². The molecule has 32 heavy (non-hydrogen) atoms. The van der Waals surface area contributed by atoms with Crippen molar-refractivity contribution in [3.63, 3.8) is 0 Å². The zero-order valence-electron chi connectivity index (χ0n) is 17.8. The van der Waals surface area contributed by atoms with E-state index in [9.17, 15) is 9.18 Å². The van der Waals surface area contributed by atoms with Gasteiger partial charge in [-0.3, -0.25) is 9.80 Å². The SMILES string of the molecule is C[N+]1(NC(=O)C2=NN(c3ccc(Cl)cc3Cl)C(c3ccc(F)cc3)C2)CCCCCC1.[I-]. The van der Waals surface area contributed by atoms with Crippen molar-refractivity contribution in [2.24, 2.45) is 5.10 Å². The van der Waals surface area contributed by atoms with E-state index in [-0.39, 0.29) is 41.7 Å². The summed E-state index contributed by atoms with van der Waals surface area (Å²) in [7, 11) is 2.06. The summed E-state index contributed by atoms with van der Waals surface area (Å²) in [4.78, 5) is 13.2. The second-order valence-electron chi connectivity index (χ2n) is 8.46. The third-order valence-corrected chi connectivity index (χ3v) is 6.55. The van der Waals surface area contributed by atoms with Gasteiger partial charge in [-0.05, 0) is 61.6 Å². The molecule has 1 amide bonds. The van der Waals surface area contributed by atoms with Crippen molar-refractivity contribution in [2.75, 3.05) is 25.1 Å². The van der Waals surface area contributed by atoms with Crippen LogP contribution < -0.4 is 34.4 Å². The molecule has 1 N–H and O–H groups in total. The number of carbonyl (C=O) groups excluding carboxylic acids is 1. The summed E-state index contributed by atoms with van der Waals surface area (Å²) in [6.45, 7) is 1.82. The Balaban J connectivity index is 0.00000289. The number of hydrogen-bond acceptors (Lipinski definition) is 3. The van der Waals surface area contributed by atoms with E-state index >= 15 is 0 Å². The number of halogens is 4. The summed E-state index contributed by atoms with van der Waals surface area (Å²) in [6, 6.07) is 11.2. The van der Waals surface area contributed by atoms with Crippen LogP contribution in [0.25, 0.3) is 0 Å². The van der Waals surface area contributed by atoms with E-state index in [1.807, 2.05) is 0 Å². The molecule has 1 fully saturated rings. The third kappa shape index (κ3) is 5.73. The minimum absolute atomic E-state index is 0. The van der Waals surface area contributed by atoms with Crippen molar-refractivity contribution in [3.05, 3.63) is 63.9 Å². The highest BCUT2D eigenvalue weighted by molar-refractivity contribution is 6.40. The monoisotopic (exact) mass is 590 g/mol. The van der Waals surface area contributed by atoms with Gasteiger partial charge in [0.05, 0.1) is 23.8 Å². The maximum absolute atomic E-state index is 13.5. The minimum Gasteiger partial charge on any atom is -1.00 e. The normalized spacial score (nSPS) is 20.2. The molecule has 5 nitrogen and oxygen atoms in total. The molecule has 0 spiro atoms. The third-order valence-electron chi connectivity index (χ3n) is 6.01. The molecule has 172 valence electrons. The van der Waals surface area contributed by atoms with Crippen LogP contribution in [0.5, 0.6) is 0 Å². The second kappa shape index (κ2) is 10.7. The fourth-order valence-corrected chi connectivity index (χ4v) is 4.78. The van der Waals surface area contributed by atoms with Crippen LogP contribution in [-0.4, -0.2) is 36.3 Å². The molecule has 4 rings (SSSR count). The Kier molecular flexibility index (Phi) is 8.41. The molecule has 1 saturated heterocycles. The van der Waals surface area contributed by atoms with Gasteiger partial charge in [-0.1, -0.05) is 35.3 Å². The van der Waals surface area contributed by atoms with Gasteiger partial charge in [-0.2, -0.15) is 10.5 Å². The molecule has 2 heterocycles. The largest absolute Gasteiger partial charge is 1.00 e. The van der Waals surface area contributed by atoms with Gasteiger partial charge in [0.25, 0.3) is 0 Å². The number of benzene rings is 2. The maximum Gasteiger partial charge on any atom is 0.312 e. The number of hydrogen-bond donors (Lipinski definition) is 1. The molecule has 1 unspecified atom stereocenters. The van der Waals surface area contributed by atoms with E-state index in [0.29, 0.717) is 32.5 Å². The van der Waals surface area contributed by atoms with Gasteiger partial charge in [0, 0.05) is 11.4 Å². The zero-order chi connectivity index (χ0) is 22.0. The number of likely N-dealkylation sites (tertiary alicyclic amines) is 1. The second-order valence-corrected chi connectivity index (χ2v) is 9.30. The zero-order valence-corrected chi connectivity index (χ0v) is 21.5. The molecule has 2 aromatic carbocycles. The van der Waals surface area contributed by atoms with Crippen molar-refractivity contribution < 1.29 is 37.8 Å². The van der Waals surface area contributed by atoms with Gasteiger partial charge in [-0.15, -0.1) is 0 Å². The minimum atomic E-state index is -0.310. The first-order chi connectivity index (χ1) is 14.8. The highest BCUT2D eigenvalue weighted by Crippen LogP contribution is 2.39. The highest BCUT2D eigenvalue weighted by atomic mass is 127. The highest BCUT2D eigenvalue weighted by Gasteiger charge is 2.36. The first-order valence-corrected chi connectivity index (χ1v) is 11.3. The van der Waals surface area contributed by atoms with Crippen LogP contribution in [0.2, 0.25) is 10.0 Å². The molecule has 2 aliphatic heterocycles. The molecule has 0 radical (unpaired) electrons. The Morgan fingerprint density at radius 1 is 1.09 bits per heavy atom. The van der Waals surface area contributed by atoms with Crippen molar-refractivity contribution in [1.82, 2.24) is 5.43 Å². The van der Waals surface area contributed by atoms with E-state index in [4.69, 9.17) is 23.2 Å². The lowest BCUT2D eigenvalue weighted by Gasteiger charge is -2.32. The van der Waals surface area contributed by atoms with Crippen LogP contribution in [0, 0.1) is 5.82 Å². The number of amides is 1. The molecule has 0 bridgehead atoms. The summed E-state index contributed by atoms with van der Waals surface area (Å²) in [5.41, 5.74) is 5.12. The molecule has 2 aromatic rings. The first kappa shape index (κ1) is 25.2. The van der Waals surface area contributed by atoms with Crippen molar-refractivity contribution in [3.8, 4) is 0 Å². The number of quaternary nitrogens is 1. The van der Waals surface area contributed by atoms with Crippen LogP contribution in [0.15, 0.2) is 47.6 Å². The van der Waals surface area contributed by atoms with E-state index in [2.05, 4.69) is 17.6 Å². The molecular weight excluding hydrogens is 565 g/mol. The summed E-state index contributed by atoms with van der Waals surface area (Å²) in [6.07, 6.45) is 4.97. The van der Waals surface area contributed by atoms with Crippen LogP contribution in [0.1, 0.15) is 43.7 Å².